The fourth-order valence-corrected chi connectivity index (χ4v) is 2.36. The average molecular weight is 313 g/mol. The molecule has 8 heteroatoms. The zero-order chi connectivity index (χ0) is 15.0. The molecule has 0 spiro atoms. The lowest BCUT2D eigenvalue weighted by Crippen LogP contribution is -2.07. The number of benzene rings is 1. The van der Waals surface area contributed by atoms with Crippen molar-refractivity contribution in [2.75, 3.05) is 5.88 Å². The molecule has 1 aromatic carbocycles. The number of hydrogen-bond acceptors (Lipinski definition) is 4. The Morgan fingerprint density at radius 2 is 2.10 bits per heavy atom. The van der Waals surface area contributed by atoms with Gasteiger partial charge in [-0.3, -0.25) is 0 Å². The number of aromatic nitrogens is 4. The van der Waals surface area contributed by atoms with E-state index in [1.165, 1.54) is 10.6 Å². The molecule has 0 N–H and O–H groups in total. The van der Waals surface area contributed by atoms with Gasteiger partial charge in [0.05, 0.1) is 5.52 Å². The van der Waals surface area contributed by atoms with Crippen molar-refractivity contribution in [3.8, 4) is 0 Å². The summed E-state index contributed by atoms with van der Waals surface area (Å²) >= 11 is 5.74. The standard InChI is InChI=1S/C13H11ClF2N4O/c1-7-17-11(21-19-7)6-20-10(4-5-14)18-9-3-2-8(15)12(16)13(9)20/h2-3H,4-6H2,1H3. The molecule has 0 bridgehead atoms. The number of aryl methyl sites for hydroxylation is 2. The van der Waals surface area contributed by atoms with Crippen LogP contribution in [0.1, 0.15) is 17.5 Å². The van der Waals surface area contributed by atoms with E-state index in [1.54, 1.807) is 6.92 Å². The Labute approximate surface area is 123 Å². The molecule has 0 saturated heterocycles. The lowest BCUT2D eigenvalue weighted by atomic mass is 10.3. The maximum absolute atomic E-state index is 14.1. The average Bonchev–Trinajstić information content (AvgIpc) is 3.00. The Morgan fingerprint density at radius 1 is 1.29 bits per heavy atom. The second-order valence-corrected chi connectivity index (χ2v) is 4.90. The van der Waals surface area contributed by atoms with Crippen LogP contribution in [0.15, 0.2) is 16.7 Å². The predicted molar refractivity (Wildman–Crippen MR) is 72.2 cm³/mol. The van der Waals surface area contributed by atoms with Crippen molar-refractivity contribution in [2.45, 2.75) is 19.9 Å². The summed E-state index contributed by atoms with van der Waals surface area (Å²) in [6.07, 6.45) is 0.421. The summed E-state index contributed by atoms with van der Waals surface area (Å²) in [5, 5.41) is 3.68. The third-order valence-corrected chi connectivity index (χ3v) is 3.25. The van der Waals surface area contributed by atoms with Gasteiger partial charge in [0.25, 0.3) is 0 Å². The number of imidazole rings is 1. The molecule has 0 saturated carbocycles. The molecule has 3 aromatic rings. The highest BCUT2D eigenvalue weighted by Crippen LogP contribution is 2.23. The van der Waals surface area contributed by atoms with Crippen LogP contribution in [0, 0.1) is 18.6 Å². The fraction of sp³-hybridized carbons (Fsp3) is 0.308. The molecule has 0 aliphatic heterocycles. The van der Waals surface area contributed by atoms with Crippen molar-refractivity contribution >= 4 is 22.6 Å². The number of nitrogens with zero attached hydrogens (tertiary/aromatic N) is 4. The van der Waals surface area contributed by atoms with Crippen molar-refractivity contribution < 1.29 is 13.3 Å². The lowest BCUT2D eigenvalue weighted by Gasteiger charge is -2.06. The highest BCUT2D eigenvalue weighted by molar-refractivity contribution is 6.17. The van der Waals surface area contributed by atoms with Gasteiger partial charge in [-0.15, -0.1) is 11.6 Å². The van der Waals surface area contributed by atoms with Gasteiger partial charge in [0.15, 0.2) is 17.5 Å². The van der Waals surface area contributed by atoms with E-state index in [4.69, 9.17) is 16.1 Å². The number of fused-ring (bicyclic) bond motifs is 1. The number of hydrogen-bond donors (Lipinski definition) is 0. The number of halogens is 3. The van der Waals surface area contributed by atoms with Gasteiger partial charge in [-0.25, -0.2) is 13.8 Å². The highest BCUT2D eigenvalue weighted by Gasteiger charge is 2.19. The largest absolute Gasteiger partial charge is 0.337 e. The van der Waals surface area contributed by atoms with Crippen LogP contribution in [-0.2, 0) is 13.0 Å². The van der Waals surface area contributed by atoms with Crippen molar-refractivity contribution in [2.24, 2.45) is 0 Å². The van der Waals surface area contributed by atoms with Crippen LogP contribution >= 0.6 is 11.6 Å². The van der Waals surface area contributed by atoms with Crippen LogP contribution in [0.4, 0.5) is 8.78 Å². The first-order chi connectivity index (χ1) is 10.1. The van der Waals surface area contributed by atoms with E-state index in [1.807, 2.05) is 0 Å². The summed E-state index contributed by atoms with van der Waals surface area (Å²) < 4.78 is 34.1. The molecule has 0 amide bonds. The smallest absolute Gasteiger partial charge is 0.246 e. The van der Waals surface area contributed by atoms with Crippen LogP contribution < -0.4 is 0 Å². The molecule has 0 atom stereocenters. The normalized spacial score (nSPS) is 11.4. The zero-order valence-corrected chi connectivity index (χ0v) is 11.9. The number of rotatable bonds is 4. The molecule has 0 fully saturated rings. The minimum Gasteiger partial charge on any atom is -0.337 e. The van der Waals surface area contributed by atoms with Gasteiger partial charge in [0.1, 0.15) is 17.9 Å². The van der Waals surface area contributed by atoms with Crippen molar-refractivity contribution in [3.05, 3.63) is 41.3 Å². The molecule has 110 valence electrons. The van der Waals surface area contributed by atoms with E-state index in [-0.39, 0.29) is 12.1 Å². The Balaban J connectivity index is 2.16. The van der Waals surface area contributed by atoms with Gasteiger partial charge < -0.3 is 9.09 Å². The lowest BCUT2D eigenvalue weighted by molar-refractivity contribution is 0.367. The van der Waals surface area contributed by atoms with E-state index in [0.29, 0.717) is 35.4 Å². The first-order valence-corrected chi connectivity index (χ1v) is 6.82. The molecule has 3 rings (SSSR count). The molecule has 2 heterocycles. The van der Waals surface area contributed by atoms with E-state index in [2.05, 4.69) is 15.1 Å². The van der Waals surface area contributed by atoms with Crippen molar-refractivity contribution in [1.29, 1.82) is 0 Å². The van der Waals surface area contributed by atoms with Crippen LogP contribution in [0.3, 0.4) is 0 Å². The molecular weight excluding hydrogens is 302 g/mol. The predicted octanol–water partition coefficient (Wildman–Crippen LogP) is 2.84. The molecule has 0 unspecified atom stereocenters. The molecule has 0 radical (unpaired) electrons. The Hall–Kier alpha value is -2.02. The summed E-state index contributed by atoms with van der Waals surface area (Å²) in [5.74, 6) is -0.248. The Kier molecular flexibility index (Phi) is 3.59. The van der Waals surface area contributed by atoms with Crippen LogP contribution in [0.2, 0.25) is 0 Å². The zero-order valence-electron chi connectivity index (χ0n) is 11.1. The first-order valence-electron chi connectivity index (χ1n) is 6.28. The quantitative estimate of drug-likeness (QED) is 0.695. The minimum absolute atomic E-state index is 0.0750. The third-order valence-electron chi connectivity index (χ3n) is 3.06. The fourth-order valence-electron chi connectivity index (χ4n) is 2.19. The van der Waals surface area contributed by atoms with Crippen LogP contribution in [0.5, 0.6) is 0 Å². The third kappa shape index (κ3) is 2.49. The second-order valence-electron chi connectivity index (χ2n) is 4.52. The topological polar surface area (TPSA) is 56.7 Å². The molecule has 0 aliphatic rings. The van der Waals surface area contributed by atoms with Gasteiger partial charge in [-0.1, -0.05) is 5.16 Å². The summed E-state index contributed by atoms with van der Waals surface area (Å²) in [6, 6.07) is 2.48. The summed E-state index contributed by atoms with van der Waals surface area (Å²) in [5.41, 5.74) is 0.441. The van der Waals surface area contributed by atoms with E-state index < -0.39 is 11.6 Å². The first kappa shape index (κ1) is 13.9. The number of alkyl halides is 1. The second kappa shape index (κ2) is 5.40. The van der Waals surface area contributed by atoms with E-state index in [0.717, 1.165) is 6.07 Å². The maximum Gasteiger partial charge on any atom is 0.246 e. The van der Waals surface area contributed by atoms with Gasteiger partial charge in [0, 0.05) is 12.3 Å². The summed E-state index contributed by atoms with van der Waals surface area (Å²) in [7, 11) is 0. The molecule has 0 aliphatic carbocycles. The van der Waals surface area contributed by atoms with Gasteiger partial charge >= 0.3 is 0 Å². The molecular formula is C13H11ClF2N4O. The monoisotopic (exact) mass is 312 g/mol. The summed E-state index contributed by atoms with van der Waals surface area (Å²) in [6.45, 7) is 1.79. The van der Waals surface area contributed by atoms with Crippen LogP contribution in [-0.4, -0.2) is 25.6 Å². The van der Waals surface area contributed by atoms with E-state index >= 15 is 0 Å². The van der Waals surface area contributed by atoms with Crippen LogP contribution in [0.25, 0.3) is 11.0 Å². The highest BCUT2D eigenvalue weighted by atomic mass is 35.5. The van der Waals surface area contributed by atoms with E-state index in [9.17, 15) is 8.78 Å². The van der Waals surface area contributed by atoms with Crippen molar-refractivity contribution in [3.63, 3.8) is 0 Å². The molecule has 21 heavy (non-hydrogen) atoms. The van der Waals surface area contributed by atoms with Gasteiger partial charge in [-0.05, 0) is 19.1 Å². The Bertz CT molecular complexity index is 799. The SMILES string of the molecule is Cc1noc(Cn2c(CCCl)nc3ccc(F)c(F)c32)n1. The van der Waals surface area contributed by atoms with Gasteiger partial charge in [-0.2, -0.15) is 4.98 Å². The minimum atomic E-state index is -0.947. The summed E-state index contributed by atoms with van der Waals surface area (Å²) in [4.78, 5) is 8.36. The Morgan fingerprint density at radius 3 is 2.76 bits per heavy atom. The molecule has 5 nitrogen and oxygen atoms in total. The van der Waals surface area contributed by atoms with Crippen molar-refractivity contribution in [1.82, 2.24) is 19.7 Å². The molecule has 2 aromatic heterocycles. The maximum atomic E-state index is 14.1. The van der Waals surface area contributed by atoms with Gasteiger partial charge in [0.2, 0.25) is 5.89 Å².